The molecule has 0 spiro atoms. The van der Waals surface area contributed by atoms with Gasteiger partial charge in [-0.1, -0.05) is 18.2 Å². The first-order valence-electron chi connectivity index (χ1n) is 10.1. The van der Waals surface area contributed by atoms with E-state index >= 15 is 0 Å². The minimum atomic E-state index is 0.124. The molecule has 0 unspecified atom stereocenters. The molecule has 0 aromatic heterocycles. The van der Waals surface area contributed by atoms with Gasteiger partial charge in [0.2, 0.25) is 11.8 Å². The number of hydrogen-bond acceptors (Lipinski definition) is 4. The van der Waals surface area contributed by atoms with E-state index in [-0.39, 0.29) is 17.9 Å². The monoisotopic (exact) mass is 372 g/mol. The van der Waals surface area contributed by atoms with E-state index in [1.54, 1.807) is 0 Å². The lowest BCUT2D eigenvalue weighted by molar-refractivity contribution is -0.132. The number of nitrogens with zero attached hydrogens (tertiary/aromatic N) is 4. The smallest absolute Gasteiger partial charge is 0.241 e. The molecule has 0 aliphatic carbocycles. The number of amides is 2. The first-order chi connectivity index (χ1) is 13.0. The van der Waals surface area contributed by atoms with E-state index in [9.17, 15) is 9.59 Å². The number of carbonyl (C=O) groups excluding carboxylic acids is 2. The Morgan fingerprint density at radius 1 is 0.889 bits per heavy atom. The standard InChI is InChI=1S/C21H32N4O2/c1-18(2)25(19-8-4-3-5-9-19)21(27)17-23-14-12-22(13-15-23)16-20(26)24-10-6-7-11-24/h3-5,8-9,18H,6-7,10-17H2,1-2H3. The second-order valence-corrected chi connectivity index (χ2v) is 7.83. The van der Waals surface area contributed by atoms with Crippen LogP contribution >= 0.6 is 0 Å². The van der Waals surface area contributed by atoms with Crippen LogP contribution < -0.4 is 4.90 Å². The lowest BCUT2D eigenvalue weighted by atomic mass is 10.2. The Hall–Kier alpha value is -1.92. The molecule has 2 saturated heterocycles. The van der Waals surface area contributed by atoms with Gasteiger partial charge in [0.15, 0.2) is 0 Å². The third kappa shape index (κ3) is 5.30. The Labute approximate surface area is 162 Å². The quantitative estimate of drug-likeness (QED) is 0.762. The zero-order chi connectivity index (χ0) is 19.2. The lowest BCUT2D eigenvalue weighted by Gasteiger charge is -2.36. The number of piperazine rings is 1. The van der Waals surface area contributed by atoms with Crippen molar-refractivity contribution in [3.8, 4) is 0 Å². The van der Waals surface area contributed by atoms with Crippen molar-refractivity contribution in [1.82, 2.24) is 14.7 Å². The number of likely N-dealkylation sites (tertiary alicyclic amines) is 1. The highest BCUT2D eigenvalue weighted by atomic mass is 16.2. The van der Waals surface area contributed by atoms with Crippen molar-refractivity contribution in [3.05, 3.63) is 30.3 Å². The number of anilines is 1. The van der Waals surface area contributed by atoms with E-state index in [0.717, 1.165) is 57.8 Å². The van der Waals surface area contributed by atoms with Gasteiger partial charge in [0, 0.05) is 51.0 Å². The van der Waals surface area contributed by atoms with E-state index in [4.69, 9.17) is 0 Å². The van der Waals surface area contributed by atoms with Gasteiger partial charge in [0.05, 0.1) is 13.1 Å². The lowest BCUT2D eigenvalue weighted by Crippen LogP contribution is -2.52. The van der Waals surface area contributed by atoms with Crippen LogP contribution in [0.4, 0.5) is 5.69 Å². The number of hydrogen-bond donors (Lipinski definition) is 0. The maximum Gasteiger partial charge on any atom is 0.241 e. The van der Waals surface area contributed by atoms with Crippen molar-refractivity contribution in [1.29, 1.82) is 0 Å². The van der Waals surface area contributed by atoms with Crippen LogP contribution in [0.15, 0.2) is 30.3 Å². The molecule has 148 valence electrons. The predicted octanol–water partition coefficient (Wildman–Crippen LogP) is 1.67. The molecule has 1 aromatic rings. The average molecular weight is 373 g/mol. The minimum Gasteiger partial charge on any atom is -0.342 e. The van der Waals surface area contributed by atoms with Crippen LogP contribution in [-0.4, -0.2) is 84.9 Å². The number of carbonyl (C=O) groups is 2. The second-order valence-electron chi connectivity index (χ2n) is 7.83. The summed E-state index contributed by atoms with van der Waals surface area (Å²) in [5.74, 6) is 0.393. The zero-order valence-corrected chi connectivity index (χ0v) is 16.6. The van der Waals surface area contributed by atoms with E-state index in [2.05, 4.69) is 9.80 Å². The molecule has 0 saturated carbocycles. The Morgan fingerprint density at radius 3 is 2.00 bits per heavy atom. The molecule has 27 heavy (non-hydrogen) atoms. The summed E-state index contributed by atoms with van der Waals surface area (Å²) in [6.07, 6.45) is 2.27. The molecule has 1 aromatic carbocycles. The highest BCUT2D eigenvalue weighted by molar-refractivity contribution is 5.95. The van der Waals surface area contributed by atoms with Crippen LogP contribution in [0.2, 0.25) is 0 Å². The summed E-state index contributed by atoms with van der Waals surface area (Å²) in [7, 11) is 0. The van der Waals surface area contributed by atoms with Gasteiger partial charge in [-0.3, -0.25) is 19.4 Å². The Balaban J connectivity index is 1.47. The van der Waals surface area contributed by atoms with E-state index < -0.39 is 0 Å². The molecular formula is C21H32N4O2. The summed E-state index contributed by atoms with van der Waals surface area (Å²) < 4.78 is 0. The van der Waals surface area contributed by atoms with Crippen molar-refractivity contribution in [2.75, 3.05) is 57.3 Å². The molecule has 6 nitrogen and oxygen atoms in total. The summed E-state index contributed by atoms with van der Waals surface area (Å²) in [4.78, 5) is 33.5. The van der Waals surface area contributed by atoms with Gasteiger partial charge < -0.3 is 9.80 Å². The highest BCUT2D eigenvalue weighted by Crippen LogP contribution is 2.17. The van der Waals surface area contributed by atoms with Crippen LogP contribution in [0.25, 0.3) is 0 Å². The highest BCUT2D eigenvalue weighted by Gasteiger charge is 2.26. The largest absolute Gasteiger partial charge is 0.342 e. The predicted molar refractivity (Wildman–Crippen MR) is 108 cm³/mol. The number of para-hydroxylation sites is 1. The molecule has 0 radical (unpaired) electrons. The Kier molecular flexibility index (Phi) is 6.85. The number of rotatable bonds is 6. The van der Waals surface area contributed by atoms with E-state index in [1.807, 2.05) is 54.0 Å². The van der Waals surface area contributed by atoms with Crippen molar-refractivity contribution >= 4 is 17.5 Å². The van der Waals surface area contributed by atoms with E-state index in [0.29, 0.717) is 13.1 Å². The van der Waals surface area contributed by atoms with Crippen LogP contribution in [-0.2, 0) is 9.59 Å². The fourth-order valence-corrected chi connectivity index (χ4v) is 3.95. The van der Waals surface area contributed by atoms with Gasteiger partial charge in [-0.05, 0) is 38.8 Å². The molecule has 0 N–H and O–H groups in total. The van der Waals surface area contributed by atoms with Crippen LogP contribution in [0.1, 0.15) is 26.7 Å². The summed E-state index contributed by atoms with van der Waals surface area (Å²) in [6, 6.07) is 10.00. The van der Waals surface area contributed by atoms with Gasteiger partial charge in [0.25, 0.3) is 0 Å². The molecule has 3 rings (SSSR count). The second kappa shape index (κ2) is 9.33. The SMILES string of the molecule is CC(C)N(C(=O)CN1CCN(CC(=O)N2CCCC2)CC1)c1ccccc1. The van der Waals surface area contributed by atoms with E-state index in [1.165, 1.54) is 0 Å². The molecule has 2 heterocycles. The van der Waals surface area contributed by atoms with Gasteiger partial charge in [0.1, 0.15) is 0 Å². The van der Waals surface area contributed by atoms with Gasteiger partial charge in [-0.15, -0.1) is 0 Å². The fraction of sp³-hybridized carbons (Fsp3) is 0.619. The molecule has 0 bridgehead atoms. The Morgan fingerprint density at radius 2 is 1.44 bits per heavy atom. The van der Waals surface area contributed by atoms with Crippen LogP contribution in [0, 0.1) is 0 Å². The summed E-state index contributed by atoms with van der Waals surface area (Å²) >= 11 is 0. The van der Waals surface area contributed by atoms with Crippen LogP contribution in [0.3, 0.4) is 0 Å². The van der Waals surface area contributed by atoms with Crippen molar-refractivity contribution in [2.45, 2.75) is 32.7 Å². The third-order valence-electron chi connectivity index (χ3n) is 5.46. The first-order valence-corrected chi connectivity index (χ1v) is 10.1. The summed E-state index contributed by atoms with van der Waals surface area (Å²) in [6.45, 7) is 10.2. The topological polar surface area (TPSA) is 47.1 Å². The molecule has 2 amide bonds. The zero-order valence-electron chi connectivity index (χ0n) is 16.6. The first kappa shape index (κ1) is 19.8. The average Bonchev–Trinajstić information content (AvgIpc) is 3.19. The van der Waals surface area contributed by atoms with Gasteiger partial charge in [-0.2, -0.15) is 0 Å². The molecule has 6 heteroatoms. The molecular weight excluding hydrogens is 340 g/mol. The van der Waals surface area contributed by atoms with Crippen molar-refractivity contribution < 1.29 is 9.59 Å². The van der Waals surface area contributed by atoms with Crippen molar-refractivity contribution in [3.63, 3.8) is 0 Å². The molecule has 0 atom stereocenters. The summed E-state index contributed by atoms with van der Waals surface area (Å²) in [5.41, 5.74) is 0.951. The van der Waals surface area contributed by atoms with Gasteiger partial charge >= 0.3 is 0 Å². The number of benzene rings is 1. The van der Waals surface area contributed by atoms with Gasteiger partial charge in [-0.25, -0.2) is 0 Å². The molecule has 2 aliphatic rings. The van der Waals surface area contributed by atoms with Crippen molar-refractivity contribution in [2.24, 2.45) is 0 Å². The molecule has 2 aliphatic heterocycles. The maximum atomic E-state index is 12.9. The maximum absolute atomic E-state index is 12.9. The molecule has 2 fully saturated rings. The fourth-order valence-electron chi connectivity index (χ4n) is 3.95. The summed E-state index contributed by atoms with van der Waals surface area (Å²) in [5, 5.41) is 0. The third-order valence-corrected chi connectivity index (χ3v) is 5.46. The Bertz CT molecular complexity index is 620. The van der Waals surface area contributed by atoms with Crippen LogP contribution in [0.5, 0.6) is 0 Å². The minimum absolute atomic E-state index is 0.124. The normalized spacial score (nSPS) is 18.9.